The van der Waals surface area contributed by atoms with E-state index < -0.39 is 7.26 Å². The zero-order chi connectivity index (χ0) is 17.7. The molecule has 1 nitrogen and oxygen atoms in total. The molecule has 0 atom stereocenters. The summed E-state index contributed by atoms with van der Waals surface area (Å²) in [6.45, 7) is 2.31. The summed E-state index contributed by atoms with van der Waals surface area (Å²) in [5.74, 6) is 0. The van der Waals surface area contributed by atoms with Crippen molar-refractivity contribution in [2.45, 2.75) is 13.3 Å². The summed E-state index contributed by atoms with van der Waals surface area (Å²) in [7, 11) is 2.19. The molecule has 0 aromatic heterocycles. The zero-order valence-electron chi connectivity index (χ0n) is 15.4. The molecule has 3 rings (SSSR count). The molecule has 0 bridgehead atoms. The molecule has 130 valence electrons. The van der Waals surface area contributed by atoms with Crippen molar-refractivity contribution in [3.8, 4) is 0 Å². The van der Waals surface area contributed by atoms with Crippen LogP contribution < -0.4 is 20.8 Å². The Morgan fingerprint density at radius 3 is 1.48 bits per heavy atom. The molecule has 0 aliphatic carbocycles. The first-order chi connectivity index (χ1) is 12.2. The third-order valence-corrected chi connectivity index (χ3v) is 10.2. The van der Waals surface area contributed by atoms with Crippen LogP contribution in [0.2, 0.25) is 0 Å². The fraction of sp³-hybridized carbons (Fsp3) is 0.217. The molecule has 0 heterocycles. The van der Waals surface area contributed by atoms with Crippen LogP contribution in [-0.2, 0) is 0 Å². The Balaban J connectivity index is 2.23. The van der Waals surface area contributed by atoms with Gasteiger partial charge < -0.3 is 0 Å². The number of anilines is 1. The molecule has 0 radical (unpaired) electrons. The van der Waals surface area contributed by atoms with Gasteiger partial charge in [0.1, 0.15) is 0 Å². The van der Waals surface area contributed by atoms with Crippen molar-refractivity contribution in [2.75, 3.05) is 25.2 Å². The van der Waals surface area contributed by atoms with Gasteiger partial charge in [-0.1, -0.05) is 0 Å². The van der Waals surface area contributed by atoms with Gasteiger partial charge in [-0.25, -0.2) is 0 Å². The van der Waals surface area contributed by atoms with Gasteiger partial charge in [0, 0.05) is 0 Å². The molecule has 25 heavy (non-hydrogen) atoms. The third kappa shape index (κ3) is 3.48. The van der Waals surface area contributed by atoms with Crippen LogP contribution >= 0.6 is 7.26 Å². The molecule has 0 aliphatic heterocycles. The molecule has 0 spiro atoms. The Morgan fingerprint density at radius 2 is 1.08 bits per heavy atom. The average Bonchev–Trinajstić information content (AvgIpc) is 2.67. The van der Waals surface area contributed by atoms with Crippen molar-refractivity contribution >= 4 is 28.9 Å². The van der Waals surface area contributed by atoms with E-state index in [0.29, 0.717) is 0 Å². The molecular weight excluding hydrogens is 321 g/mol. The first-order valence-electron chi connectivity index (χ1n) is 9.07. The average molecular weight is 349 g/mol. The quantitative estimate of drug-likeness (QED) is 0.603. The van der Waals surface area contributed by atoms with E-state index in [1.165, 1.54) is 34.2 Å². The Kier molecular flexibility index (Phi) is 5.56. The van der Waals surface area contributed by atoms with Gasteiger partial charge in [-0.2, -0.15) is 0 Å². The second-order valence-corrected chi connectivity index (χ2v) is 10.9. The number of nitrogens with zero attached hydrogens (tertiary/aromatic N) is 1. The monoisotopic (exact) mass is 349 g/mol. The third-order valence-electron chi connectivity index (χ3n) is 5.03. The van der Waals surface area contributed by atoms with Gasteiger partial charge >= 0.3 is 152 Å². The summed E-state index contributed by atoms with van der Waals surface area (Å²) in [6.07, 6.45) is 2.41. The molecule has 3 aromatic carbocycles. The van der Waals surface area contributed by atoms with Crippen molar-refractivity contribution in [1.82, 2.24) is 0 Å². The Hall–Kier alpha value is -2.11. The van der Waals surface area contributed by atoms with Gasteiger partial charge in [0.2, 0.25) is 0 Å². The van der Waals surface area contributed by atoms with E-state index in [4.69, 9.17) is 0 Å². The fourth-order valence-electron chi connectivity index (χ4n) is 3.80. The minimum atomic E-state index is -2.00. The molecule has 0 saturated carbocycles. The van der Waals surface area contributed by atoms with E-state index in [1.807, 2.05) is 0 Å². The van der Waals surface area contributed by atoms with E-state index >= 15 is 0 Å². The summed E-state index contributed by atoms with van der Waals surface area (Å²) in [5.41, 5.74) is 1.25. The predicted octanol–water partition coefficient (Wildman–Crippen LogP) is 4.19. The minimum absolute atomic E-state index is 1.19. The van der Waals surface area contributed by atoms with Crippen LogP contribution in [0.15, 0.2) is 84.9 Å². The summed E-state index contributed by atoms with van der Waals surface area (Å²) in [4.78, 5) is 2.16. The summed E-state index contributed by atoms with van der Waals surface area (Å²) in [6, 6.07) is 31.5. The molecular formula is C23H28NP. The van der Waals surface area contributed by atoms with Gasteiger partial charge in [-0.15, -0.1) is 0 Å². The Bertz CT molecular complexity index is 740. The van der Waals surface area contributed by atoms with Crippen LogP contribution in [0.3, 0.4) is 0 Å². The normalized spacial score (nSPS) is 12.0. The van der Waals surface area contributed by atoms with E-state index in [2.05, 4.69) is 111 Å². The molecule has 3 aromatic rings. The predicted molar refractivity (Wildman–Crippen MR) is 116 cm³/mol. The Morgan fingerprint density at radius 1 is 0.640 bits per heavy atom. The molecule has 2 heteroatoms. The van der Waals surface area contributed by atoms with Gasteiger partial charge in [-0.3, -0.25) is 0 Å². The van der Waals surface area contributed by atoms with E-state index in [9.17, 15) is 0 Å². The van der Waals surface area contributed by atoms with Crippen molar-refractivity contribution in [1.29, 1.82) is 0 Å². The number of hydrogen-bond donors (Lipinski definition) is 0. The van der Waals surface area contributed by atoms with Crippen molar-refractivity contribution in [3.05, 3.63) is 84.9 Å². The molecule has 0 fully saturated rings. The molecule has 0 amide bonds. The van der Waals surface area contributed by atoms with E-state index in [1.54, 1.807) is 0 Å². The molecule has 0 saturated heterocycles. The first kappa shape index (κ1) is 17.7. The molecule has 0 aliphatic rings. The number of hydrogen-bond acceptors (Lipinski definition) is 1. The van der Waals surface area contributed by atoms with Gasteiger partial charge in [0.05, 0.1) is 0 Å². The van der Waals surface area contributed by atoms with Crippen LogP contribution in [0.25, 0.3) is 0 Å². The summed E-state index contributed by atoms with van der Waals surface area (Å²) >= 11 is 0. The molecule has 0 N–H and O–H groups in total. The van der Waals surface area contributed by atoms with Gasteiger partial charge in [-0.05, 0) is 0 Å². The zero-order valence-corrected chi connectivity index (χ0v) is 16.4. The van der Waals surface area contributed by atoms with Gasteiger partial charge in [0.25, 0.3) is 0 Å². The van der Waals surface area contributed by atoms with Crippen molar-refractivity contribution in [2.24, 2.45) is 0 Å². The van der Waals surface area contributed by atoms with Crippen molar-refractivity contribution < 1.29 is 0 Å². The van der Waals surface area contributed by atoms with Crippen LogP contribution in [-0.4, -0.2) is 20.3 Å². The second-order valence-electron chi connectivity index (χ2n) is 6.83. The second kappa shape index (κ2) is 7.85. The van der Waals surface area contributed by atoms with Crippen LogP contribution in [0.4, 0.5) is 5.69 Å². The van der Waals surface area contributed by atoms with E-state index in [0.717, 1.165) is 0 Å². The number of rotatable bonds is 6. The first-order valence-corrected chi connectivity index (χ1v) is 11.3. The fourth-order valence-corrected chi connectivity index (χ4v) is 8.67. The van der Waals surface area contributed by atoms with Gasteiger partial charge in [0.15, 0.2) is 0 Å². The number of benzene rings is 3. The SMILES string of the molecule is CCC[PH](c1ccccc1)(c1ccccc1)c1ccc(N(C)C)cc1. The topological polar surface area (TPSA) is 3.24 Å². The van der Waals surface area contributed by atoms with Crippen LogP contribution in [0, 0.1) is 0 Å². The maximum absolute atomic E-state index is 2.36. The Labute approximate surface area is 152 Å². The van der Waals surface area contributed by atoms with Crippen LogP contribution in [0.5, 0.6) is 0 Å². The standard InChI is InChI=1S/C23H28NP/c1-4-19-25(21-11-7-5-8-12-21,22-13-9-6-10-14-22)23-17-15-20(16-18-23)24(2)3/h5-18,25H,4,19H2,1-3H3. The maximum atomic E-state index is 2.36. The van der Waals surface area contributed by atoms with Crippen molar-refractivity contribution in [3.63, 3.8) is 0 Å². The molecule has 0 unspecified atom stereocenters. The summed E-state index contributed by atoms with van der Waals surface area (Å²) < 4.78 is 0. The van der Waals surface area contributed by atoms with E-state index in [-0.39, 0.29) is 0 Å². The van der Waals surface area contributed by atoms with Crippen LogP contribution in [0.1, 0.15) is 13.3 Å². The summed E-state index contributed by atoms with van der Waals surface area (Å²) in [5, 5.41) is 4.50.